The molecule has 92 valence electrons. The standard InChI is InChI=1S/C10H16N6S/c1-4-9-12-10(17-14-9)11-6-8-7(3)13-15-16(8)5-2/h4-6H2,1-3H3,(H,11,12,14). The molecule has 0 spiro atoms. The number of nitrogens with one attached hydrogen (secondary N) is 1. The van der Waals surface area contributed by atoms with E-state index in [0.29, 0.717) is 6.54 Å². The van der Waals surface area contributed by atoms with Crippen LogP contribution in [-0.2, 0) is 19.5 Å². The molecule has 0 atom stereocenters. The smallest absolute Gasteiger partial charge is 0.202 e. The third-order valence-electron chi connectivity index (χ3n) is 2.52. The lowest BCUT2D eigenvalue weighted by Crippen LogP contribution is -2.08. The first-order valence-corrected chi connectivity index (χ1v) is 6.47. The minimum absolute atomic E-state index is 0.686. The second-order valence-electron chi connectivity index (χ2n) is 3.66. The van der Waals surface area contributed by atoms with Gasteiger partial charge in [-0.3, -0.25) is 0 Å². The molecule has 0 amide bonds. The molecule has 17 heavy (non-hydrogen) atoms. The first-order chi connectivity index (χ1) is 8.24. The molecule has 0 bridgehead atoms. The van der Waals surface area contributed by atoms with Crippen LogP contribution in [0.25, 0.3) is 0 Å². The zero-order valence-electron chi connectivity index (χ0n) is 10.3. The van der Waals surface area contributed by atoms with Gasteiger partial charge >= 0.3 is 0 Å². The number of hydrogen-bond acceptors (Lipinski definition) is 6. The Hall–Kier alpha value is -1.50. The summed E-state index contributed by atoms with van der Waals surface area (Å²) in [5.74, 6) is 0.886. The third-order valence-corrected chi connectivity index (χ3v) is 3.23. The Balaban J connectivity index is 2.04. The van der Waals surface area contributed by atoms with Crippen LogP contribution in [0.5, 0.6) is 0 Å². The van der Waals surface area contributed by atoms with Gasteiger partial charge in [-0.2, -0.15) is 4.37 Å². The average molecular weight is 252 g/mol. The van der Waals surface area contributed by atoms with Gasteiger partial charge in [0.2, 0.25) is 5.13 Å². The van der Waals surface area contributed by atoms with Gasteiger partial charge in [0.1, 0.15) is 5.82 Å². The van der Waals surface area contributed by atoms with Gasteiger partial charge in [0.25, 0.3) is 0 Å². The summed E-state index contributed by atoms with van der Waals surface area (Å²) in [6, 6.07) is 0. The first-order valence-electron chi connectivity index (χ1n) is 5.70. The van der Waals surface area contributed by atoms with E-state index in [1.165, 1.54) is 11.5 Å². The van der Waals surface area contributed by atoms with Crippen molar-refractivity contribution in [3.63, 3.8) is 0 Å². The molecule has 0 aliphatic heterocycles. The normalized spacial score (nSPS) is 10.8. The highest BCUT2D eigenvalue weighted by Crippen LogP contribution is 2.13. The van der Waals surface area contributed by atoms with Gasteiger partial charge < -0.3 is 5.32 Å². The van der Waals surface area contributed by atoms with E-state index in [2.05, 4.69) is 31.9 Å². The Morgan fingerprint density at radius 3 is 2.82 bits per heavy atom. The van der Waals surface area contributed by atoms with E-state index in [1.54, 1.807) is 0 Å². The van der Waals surface area contributed by atoms with Gasteiger partial charge in [0.15, 0.2) is 0 Å². The molecule has 6 nitrogen and oxygen atoms in total. The van der Waals surface area contributed by atoms with Crippen LogP contribution in [-0.4, -0.2) is 24.4 Å². The Morgan fingerprint density at radius 1 is 1.35 bits per heavy atom. The lowest BCUT2D eigenvalue weighted by atomic mass is 10.3. The highest BCUT2D eigenvalue weighted by Gasteiger charge is 2.09. The molecule has 0 fully saturated rings. The van der Waals surface area contributed by atoms with Crippen LogP contribution in [0, 0.1) is 6.92 Å². The van der Waals surface area contributed by atoms with Gasteiger partial charge in [0, 0.05) is 24.5 Å². The summed E-state index contributed by atoms with van der Waals surface area (Å²) < 4.78 is 6.12. The molecular weight excluding hydrogens is 236 g/mol. The van der Waals surface area contributed by atoms with E-state index < -0.39 is 0 Å². The molecule has 1 N–H and O–H groups in total. The number of aryl methyl sites for hydroxylation is 3. The maximum atomic E-state index is 4.36. The van der Waals surface area contributed by atoms with Crippen molar-refractivity contribution >= 4 is 16.7 Å². The van der Waals surface area contributed by atoms with Crippen molar-refractivity contribution in [2.45, 2.75) is 40.3 Å². The van der Waals surface area contributed by atoms with Gasteiger partial charge in [0.05, 0.1) is 17.9 Å². The molecular formula is C10H16N6S. The van der Waals surface area contributed by atoms with Gasteiger partial charge in [-0.25, -0.2) is 9.67 Å². The van der Waals surface area contributed by atoms with Gasteiger partial charge in [-0.05, 0) is 13.8 Å². The van der Waals surface area contributed by atoms with E-state index in [0.717, 1.165) is 35.3 Å². The lowest BCUT2D eigenvalue weighted by Gasteiger charge is -2.04. The van der Waals surface area contributed by atoms with E-state index in [1.807, 2.05) is 18.5 Å². The van der Waals surface area contributed by atoms with Crippen LogP contribution < -0.4 is 5.32 Å². The second-order valence-corrected chi connectivity index (χ2v) is 4.41. The van der Waals surface area contributed by atoms with E-state index in [4.69, 9.17) is 0 Å². The van der Waals surface area contributed by atoms with Crippen LogP contribution >= 0.6 is 11.5 Å². The van der Waals surface area contributed by atoms with Crippen LogP contribution in [0.15, 0.2) is 0 Å². The quantitative estimate of drug-likeness (QED) is 0.876. The number of nitrogens with zero attached hydrogens (tertiary/aromatic N) is 5. The fourth-order valence-corrected chi connectivity index (χ4v) is 2.17. The summed E-state index contributed by atoms with van der Waals surface area (Å²) in [4.78, 5) is 4.36. The zero-order valence-corrected chi connectivity index (χ0v) is 11.1. The summed E-state index contributed by atoms with van der Waals surface area (Å²) in [5, 5.41) is 12.2. The Morgan fingerprint density at radius 2 is 2.18 bits per heavy atom. The SMILES string of the molecule is CCc1nsc(NCc2c(C)nnn2CC)n1. The van der Waals surface area contributed by atoms with Crippen LogP contribution in [0.3, 0.4) is 0 Å². The van der Waals surface area contributed by atoms with Crippen molar-refractivity contribution in [2.24, 2.45) is 0 Å². The molecule has 0 saturated carbocycles. The summed E-state index contributed by atoms with van der Waals surface area (Å²) in [6.07, 6.45) is 0.867. The van der Waals surface area contributed by atoms with Crippen LogP contribution in [0.1, 0.15) is 31.1 Å². The van der Waals surface area contributed by atoms with Gasteiger partial charge in [-0.15, -0.1) is 5.10 Å². The molecule has 2 heterocycles. The molecule has 2 aromatic rings. The monoisotopic (exact) mass is 252 g/mol. The largest absolute Gasteiger partial charge is 0.355 e. The molecule has 0 unspecified atom stereocenters. The Kier molecular flexibility index (Phi) is 3.68. The number of rotatable bonds is 5. The summed E-state index contributed by atoms with van der Waals surface area (Å²) in [7, 11) is 0. The van der Waals surface area contributed by atoms with Crippen molar-refractivity contribution < 1.29 is 0 Å². The molecule has 2 aromatic heterocycles. The van der Waals surface area contributed by atoms with E-state index >= 15 is 0 Å². The molecule has 0 aliphatic rings. The molecule has 0 radical (unpaired) electrons. The number of anilines is 1. The van der Waals surface area contributed by atoms with Crippen molar-refractivity contribution in [2.75, 3.05) is 5.32 Å². The Labute approximate surface area is 104 Å². The average Bonchev–Trinajstić information content (AvgIpc) is 2.93. The van der Waals surface area contributed by atoms with Crippen molar-refractivity contribution in [3.8, 4) is 0 Å². The Bertz CT molecular complexity index is 489. The highest BCUT2D eigenvalue weighted by molar-refractivity contribution is 7.09. The van der Waals surface area contributed by atoms with E-state index in [9.17, 15) is 0 Å². The minimum atomic E-state index is 0.686. The van der Waals surface area contributed by atoms with Crippen molar-refractivity contribution in [1.29, 1.82) is 0 Å². The molecule has 0 saturated heterocycles. The minimum Gasteiger partial charge on any atom is -0.355 e. The first kappa shape index (κ1) is 12.0. The molecule has 2 rings (SSSR count). The third kappa shape index (κ3) is 2.60. The lowest BCUT2D eigenvalue weighted by molar-refractivity contribution is 0.602. The molecule has 0 aromatic carbocycles. The zero-order chi connectivity index (χ0) is 12.3. The van der Waals surface area contributed by atoms with Crippen LogP contribution in [0.4, 0.5) is 5.13 Å². The highest BCUT2D eigenvalue weighted by atomic mass is 32.1. The van der Waals surface area contributed by atoms with Crippen molar-refractivity contribution in [3.05, 3.63) is 17.2 Å². The molecule has 7 heteroatoms. The predicted octanol–water partition coefficient (Wildman–Crippen LogP) is 1.63. The fourth-order valence-electron chi connectivity index (χ4n) is 1.52. The maximum Gasteiger partial charge on any atom is 0.202 e. The van der Waals surface area contributed by atoms with Gasteiger partial charge in [-0.1, -0.05) is 12.1 Å². The predicted molar refractivity (Wildman–Crippen MR) is 67.0 cm³/mol. The summed E-state index contributed by atoms with van der Waals surface area (Å²) >= 11 is 1.39. The fraction of sp³-hybridized carbons (Fsp3) is 0.600. The summed E-state index contributed by atoms with van der Waals surface area (Å²) in [5.41, 5.74) is 2.06. The topological polar surface area (TPSA) is 68.5 Å². The molecule has 0 aliphatic carbocycles. The van der Waals surface area contributed by atoms with Crippen molar-refractivity contribution in [1.82, 2.24) is 24.4 Å². The number of aromatic nitrogens is 5. The van der Waals surface area contributed by atoms with Crippen LogP contribution in [0.2, 0.25) is 0 Å². The second kappa shape index (κ2) is 5.22. The summed E-state index contributed by atoms with van der Waals surface area (Å²) in [6.45, 7) is 7.58. The van der Waals surface area contributed by atoms with E-state index in [-0.39, 0.29) is 0 Å². The number of hydrogen-bond donors (Lipinski definition) is 1. The maximum absolute atomic E-state index is 4.36.